The SMILES string of the molecule is CCCc1cccc(-c2cccc(C)c2)c1CN. The Bertz CT molecular complexity index is 529. The van der Waals surface area contributed by atoms with Crippen LogP contribution in [0.3, 0.4) is 0 Å². The topological polar surface area (TPSA) is 26.0 Å². The molecule has 2 N–H and O–H groups in total. The summed E-state index contributed by atoms with van der Waals surface area (Å²) < 4.78 is 0. The second-order valence-electron chi connectivity index (χ2n) is 4.77. The lowest BCUT2D eigenvalue weighted by atomic mass is 9.93. The Morgan fingerprint density at radius 3 is 2.50 bits per heavy atom. The summed E-state index contributed by atoms with van der Waals surface area (Å²) in [7, 11) is 0. The summed E-state index contributed by atoms with van der Waals surface area (Å²) in [5.41, 5.74) is 12.5. The maximum Gasteiger partial charge on any atom is 0.0187 e. The van der Waals surface area contributed by atoms with Crippen LogP contribution in [0.1, 0.15) is 30.0 Å². The highest BCUT2D eigenvalue weighted by Crippen LogP contribution is 2.27. The van der Waals surface area contributed by atoms with Crippen LogP contribution in [0.25, 0.3) is 11.1 Å². The van der Waals surface area contributed by atoms with Crippen molar-refractivity contribution in [2.24, 2.45) is 5.73 Å². The molecule has 0 fully saturated rings. The third-order valence-corrected chi connectivity index (χ3v) is 3.33. The maximum atomic E-state index is 5.96. The van der Waals surface area contributed by atoms with Gasteiger partial charge >= 0.3 is 0 Å². The molecule has 0 aliphatic rings. The van der Waals surface area contributed by atoms with E-state index >= 15 is 0 Å². The average molecular weight is 239 g/mol. The zero-order chi connectivity index (χ0) is 13.0. The summed E-state index contributed by atoms with van der Waals surface area (Å²) in [6.07, 6.45) is 2.26. The van der Waals surface area contributed by atoms with Crippen molar-refractivity contribution in [2.75, 3.05) is 0 Å². The Morgan fingerprint density at radius 2 is 1.83 bits per heavy atom. The van der Waals surface area contributed by atoms with Gasteiger partial charge in [0.05, 0.1) is 0 Å². The van der Waals surface area contributed by atoms with Crippen molar-refractivity contribution in [2.45, 2.75) is 33.2 Å². The number of hydrogen-bond acceptors (Lipinski definition) is 1. The largest absolute Gasteiger partial charge is 0.326 e. The normalized spacial score (nSPS) is 10.6. The average Bonchev–Trinajstić information content (AvgIpc) is 2.39. The summed E-state index contributed by atoms with van der Waals surface area (Å²) in [6.45, 7) is 4.95. The molecule has 1 nitrogen and oxygen atoms in total. The van der Waals surface area contributed by atoms with Crippen molar-refractivity contribution < 1.29 is 0 Å². The molecule has 0 heterocycles. The van der Waals surface area contributed by atoms with Gasteiger partial charge in [-0.1, -0.05) is 61.4 Å². The van der Waals surface area contributed by atoms with Crippen molar-refractivity contribution in [1.29, 1.82) is 0 Å². The van der Waals surface area contributed by atoms with Crippen molar-refractivity contribution in [3.05, 3.63) is 59.2 Å². The first kappa shape index (κ1) is 12.8. The summed E-state index contributed by atoms with van der Waals surface area (Å²) in [5, 5.41) is 0. The minimum Gasteiger partial charge on any atom is -0.326 e. The molecule has 0 spiro atoms. The molecule has 0 radical (unpaired) electrons. The van der Waals surface area contributed by atoms with E-state index in [1.165, 1.54) is 27.8 Å². The van der Waals surface area contributed by atoms with Gasteiger partial charge < -0.3 is 5.73 Å². The Morgan fingerprint density at radius 1 is 1.06 bits per heavy atom. The van der Waals surface area contributed by atoms with E-state index in [2.05, 4.69) is 56.3 Å². The lowest BCUT2D eigenvalue weighted by molar-refractivity contribution is 0.894. The number of aryl methyl sites for hydroxylation is 2. The number of benzene rings is 2. The van der Waals surface area contributed by atoms with Gasteiger partial charge in [0.2, 0.25) is 0 Å². The van der Waals surface area contributed by atoms with E-state index in [9.17, 15) is 0 Å². The fourth-order valence-electron chi connectivity index (χ4n) is 2.46. The van der Waals surface area contributed by atoms with Gasteiger partial charge in [-0.2, -0.15) is 0 Å². The maximum absolute atomic E-state index is 5.96. The standard InChI is InChI=1S/C17H21N/c1-3-6-14-8-5-10-16(17(14)12-18)15-9-4-7-13(2)11-15/h4-5,7-11H,3,6,12,18H2,1-2H3. The van der Waals surface area contributed by atoms with Crippen LogP contribution in [0.2, 0.25) is 0 Å². The molecular formula is C17H21N. The van der Waals surface area contributed by atoms with Crippen molar-refractivity contribution in [1.82, 2.24) is 0 Å². The summed E-state index contributed by atoms with van der Waals surface area (Å²) >= 11 is 0. The van der Waals surface area contributed by atoms with E-state index < -0.39 is 0 Å². The highest BCUT2D eigenvalue weighted by atomic mass is 14.5. The lowest BCUT2D eigenvalue weighted by Gasteiger charge is -2.13. The molecule has 18 heavy (non-hydrogen) atoms. The highest BCUT2D eigenvalue weighted by Gasteiger charge is 2.08. The first-order chi connectivity index (χ1) is 8.76. The first-order valence-electron chi connectivity index (χ1n) is 6.64. The fourth-order valence-corrected chi connectivity index (χ4v) is 2.46. The van der Waals surface area contributed by atoms with Gasteiger partial charge in [0.25, 0.3) is 0 Å². The van der Waals surface area contributed by atoms with Crippen LogP contribution >= 0.6 is 0 Å². The van der Waals surface area contributed by atoms with Gasteiger partial charge in [0, 0.05) is 6.54 Å². The molecule has 0 atom stereocenters. The van der Waals surface area contributed by atoms with Gasteiger partial charge in [-0.05, 0) is 35.6 Å². The van der Waals surface area contributed by atoms with Crippen LogP contribution in [-0.4, -0.2) is 0 Å². The Balaban J connectivity index is 2.53. The fraction of sp³-hybridized carbons (Fsp3) is 0.294. The number of nitrogens with two attached hydrogens (primary N) is 1. The molecule has 0 aliphatic carbocycles. The predicted molar refractivity (Wildman–Crippen MR) is 78.5 cm³/mol. The van der Waals surface area contributed by atoms with Crippen LogP contribution in [0.4, 0.5) is 0 Å². The molecule has 0 saturated heterocycles. The summed E-state index contributed by atoms with van der Waals surface area (Å²) in [4.78, 5) is 0. The molecule has 2 aromatic carbocycles. The van der Waals surface area contributed by atoms with Crippen LogP contribution in [0.5, 0.6) is 0 Å². The minimum atomic E-state index is 0.611. The Kier molecular flexibility index (Phi) is 4.16. The van der Waals surface area contributed by atoms with Gasteiger partial charge in [-0.3, -0.25) is 0 Å². The molecule has 0 saturated carbocycles. The van der Waals surface area contributed by atoms with Gasteiger partial charge in [-0.15, -0.1) is 0 Å². The van der Waals surface area contributed by atoms with E-state index in [1.54, 1.807) is 0 Å². The first-order valence-corrected chi connectivity index (χ1v) is 6.64. The van der Waals surface area contributed by atoms with Crippen molar-refractivity contribution >= 4 is 0 Å². The molecular weight excluding hydrogens is 218 g/mol. The van der Waals surface area contributed by atoms with Crippen LogP contribution in [0.15, 0.2) is 42.5 Å². The lowest BCUT2D eigenvalue weighted by Crippen LogP contribution is -2.04. The molecule has 94 valence electrons. The van der Waals surface area contributed by atoms with E-state index in [1.807, 2.05) is 0 Å². The van der Waals surface area contributed by atoms with Gasteiger partial charge in [-0.25, -0.2) is 0 Å². The number of hydrogen-bond donors (Lipinski definition) is 1. The third-order valence-electron chi connectivity index (χ3n) is 3.33. The van der Waals surface area contributed by atoms with Crippen molar-refractivity contribution in [3.8, 4) is 11.1 Å². The minimum absolute atomic E-state index is 0.611. The Labute approximate surface area is 110 Å². The number of rotatable bonds is 4. The van der Waals surface area contributed by atoms with Gasteiger partial charge in [0.1, 0.15) is 0 Å². The van der Waals surface area contributed by atoms with Crippen LogP contribution in [0, 0.1) is 6.92 Å². The second kappa shape index (κ2) is 5.83. The summed E-state index contributed by atoms with van der Waals surface area (Å²) in [6, 6.07) is 15.1. The smallest absolute Gasteiger partial charge is 0.0187 e. The van der Waals surface area contributed by atoms with Crippen LogP contribution in [-0.2, 0) is 13.0 Å². The van der Waals surface area contributed by atoms with Gasteiger partial charge in [0.15, 0.2) is 0 Å². The molecule has 2 aromatic rings. The molecule has 0 amide bonds. The van der Waals surface area contributed by atoms with E-state index in [-0.39, 0.29) is 0 Å². The monoisotopic (exact) mass is 239 g/mol. The van der Waals surface area contributed by atoms with Crippen LogP contribution < -0.4 is 5.73 Å². The second-order valence-corrected chi connectivity index (χ2v) is 4.77. The zero-order valence-electron chi connectivity index (χ0n) is 11.2. The highest BCUT2D eigenvalue weighted by molar-refractivity contribution is 5.69. The zero-order valence-corrected chi connectivity index (χ0v) is 11.2. The molecule has 0 bridgehead atoms. The van der Waals surface area contributed by atoms with Crippen molar-refractivity contribution in [3.63, 3.8) is 0 Å². The predicted octanol–water partition coefficient (Wildman–Crippen LogP) is 4.07. The van der Waals surface area contributed by atoms with E-state index in [4.69, 9.17) is 5.73 Å². The summed E-state index contributed by atoms with van der Waals surface area (Å²) in [5.74, 6) is 0. The Hall–Kier alpha value is -1.60. The molecule has 1 heteroatoms. The molecule has 0 unspecified atom stereocenters. The molecule has 0 aromatic heterocycles. The molecule has 0 aliphatic heterocycles. The van der Waals surface area contributed by atoms with E-state index in [0.717, 1.165) is 12.8 Å². The molecule has 2 rings (SSSR count). The van der Waals surface area contributed by atoms with E-state index in [0.29, 0.717) is 6.54 Å². The quantitative estimate of drug-likeness (QED) is 0.855. The third kappa shape index (κ3) is 2.62.